The third-order valence-corrected chi connectivity index (χ3v) is 6.72. The SMILES string of the molecule is CC(C)CCCNC(=O)c1cc(S(=O)(=O)N2CCCC2)ccc1Br. The van der Waals surface area contributed by atoms with Crippen molar-refractivity contribution in [3.8, 4) is 0 Å². The Balaban J connectivity index is 2.12. The highest BCUT2D eigenvalue weighted by Gasteiger charge is 2.28. The molecule has 1 fully saturated rings. The average molecular weight is 417 g/mol. The van der Waals surface area contributed by atoms with E-state index in [0.717, 1.165) is 25.7 Å². The molecule has 0 radical (unpaired) electrons. The van der Waals surface area contributed by atoms with Crippen molar-refractivity contribution in [2.75, 3.05) is 19.6 Å². The first-order valence-corrected chi connectivity index (χ1v) is 10.6. The van der Waals surface area contributed by atoms with E-state index in [9.17, 15) is 13.2 Å². The zero-order chi connectivity index (χ0) is 17.7. The summed E-state index contributed by atoms with van der Waals surface area (Å²) in [6.07, 6.45) is 3.73. The summed E-state index contributed by atoms with van der Waals surface area (Å²) in [5, 5.41) is 2.87. The minimum absolute atomic E-state index is 0.180. The van der Waals surface area contributed by atoms with Gasteiger partial charge in [0.25, 0.3) is 5.91 Å². The van der Waals surface area contributed by atoms with E-state index in [2.05, 4.69) is 35.1 Å². The van der Waals surface area contributed by atoms with Crippen molar-refractivity contribution in [2.45, 2.75) is 44.4 Å². The molecule has 1 heterocycles. The molecule has 1 aromatic carbocycles. The van der Waals surface area contributed by atoms with Gasteiger partial charge in [0.15, 0.2) is 0 Å². The molecular weight excluding hydrogens is 392 g/mol. The van der Waals surface area contributed by atoms with Crippen molar-refractivity contribution in [1.29, 1.82) is 0 Å². The van der Waals surface area contributed by atoms with Crippen LogP contribution in [0.2, 0.25) is 0 Å². The number of amides is 1. The molecule has 0 bridgehead atoms. The lowest BCUT2D eigenvalue weighted by atomic mass is 10.1. The molecule has 1 aliphatic heterocycles. The number of nitrogens with one attached hydrogen (secondary N) is 1. The first kappa shape index (κ1) is 19.4. The number of carbonyl (C=O) groups is 1. The summed E-state index contributed by atoms with van der Waals surface area (Å²) in [5.41, 5.74) is 0.361. The van der Waals surface area contributed by atoms with E-state index >= 15 is 0 Å². The Hall–Kier alpha value is -0.920. The Labute approximate surface area is 153 Å². The smallest absolute Gasteiger partial charge is 0.252 e. The van der Waals surface area contributed by atoms with E-state index in [1.54, 1.807) is 12.1 Å². The highest BCUT2D eigenvalue weighted by atomic mass is 79.9. The molecule has 0 aliphatic carbocycles. The van der Waals surface area contributed by atoms with Crippen molar-refractivity contribution in [3.05, 3.63) is 28.2 Å². The molecule has 0 atom stereocenters. The molecule has 1 aliphatic rings. The second-order valence-corrected chi connectivity index (χ2v) is 9.34. The molecule has 0 unspecified atom stereocenters. The van der Waals surface area contributed by atoms with Crippen molar-refractivity contribution >= 4 is 31.9 Å². The minimum Gasteiger partial charge on any atom is -0.352 e. The molecule has 2 rings (SSSR count). The summed E-state index contributed by atoms with van der Waals surface area (Å²) in [7, 11) is -3.52. The lowest BCUT2D eigenvalue weighted by Crippen LogP contribution is -2.29. The molecule has 24 heavy (non-hydrogen) atoms. The lowest BCUT2D eigenvalue weighted by Gasteiger charge is -2.16. The van der Waals surface area contributed by atoms with E-state index in [1.165, 1.54) is 10.4 Å². The summed E-state index contributed by atoms with van der Waals surface area (Å²) in [4.78, 5) is 12.5. The van der Waals surface area contributed by atoms with Crippen molar-refractivity contribution in [1.82, 2.24) is 9.62 Å². The van der Waals surface area contributed by atoms with Crippen LogP contribution in [-0.2, 0) is 10.0 Å². The number of hydrogen-bond acceptors (Lipinski definition) is 3. The van der Waals surface area contributed by atoms with Crippen LogP contribution in [0.3, 0.4) is 0 Å². The summed E-state index contributed by atoms with van der Waals surface area (Å²) in [6.45, 7) is 5.98. The van der Waals surface area contributed by atoms with Gasteiger partial charge in [-0.1, -0.05) is 13.8 Å². The molecule has 134 valence electrons. The third-order valence-electron chi connectivity index (χ3n) is 4.13. The fourth-order valence-electron chi connectivity index (χ4n) is 2.72. The monoisotopic (exact) mass is 416 g/mol. The fraction of sp³-hybridized carbons (Fsp3) is 0.588. The van der Waals surface area contributed by atoms with Gasteiger partial charge in [-0.05, 0) is 65.7 Å². The van der Waals surface area contributed by atoms with Crippen molar-refractivity contribution in [2.24, 2.45) is 5.92 Å². The maximum Gasteiger partial charge on any atom is 0.252 e. The van der Waals surface area contributed by atoms with Gasteiger partial charge >= 0.3 is 0 Å². The Bertz CT molecular complexity index is 683. The second-order valence-electron chi connectivity index (χ2n) is 6.54. The number of rotatable bonds is 7. The summed E-state index contributed by atoms with van der Waals surface area (Å²) in [6, 6.07) is 4.65. The molecule has 1 aromatic rings. The van der Waals surface area contributed by atoms with Gasteiger partial charge < -0.3 is 5.32 Å². The normalized spacial score (nSPS) is 15.8. The van der Waals surface area contributed by atoms with Gasteiger partial charge in [-0.15, -0.1) is 0 Å². The number of benzene rings is 1. The largest absolute Gasteiger partial charge is 0.352 e. The number of carbonyl (C=O) groups excluding carboxylic acids is 1. The van der Waals surface area contributed by atoms with Crippen molar-refractivity contribution < 1.29 is 13.2 Å². The standard InChI is InChI=1S/C17H25BrN2O3S/c1-13(2)6-5-9-19-17(21)15-12-14(7-8-16(15)18)24(22,23)20-10-3-4-11-20/h7-8,12-13H,3-6,9-11H2,1-2H3,(H,19,21). The van der Waals surface area contributed by atoms with Crippen LogP contribution in [0.15, 0.2) is 27.6 Å². The number of hydrogen-bond donors (Lipinski definition) is 1. The van der Waals surface area contributed by atoms with Crippen molar-refractivity contribution in [3.63, 3.8) is 0 Å². The molecule has 1 N–H and O–H groups in total. The molecule has 5 nitrogen and oxygen atoms in total. The average Bonchev–Trinajstić information content (AvgIpc) is 3.06. The van der Waals surface area contributed by atoms with Crippen LogP contribution in [0.4, 0.5) is 0 Å². The van der Waals surface area contributed by atoms with Gasteiger partial charge in [0.05, 0.1) is 10.5 Å². The molecular formula is C17H25BrN2O3S. The topological polar surface area (TPSA) is 66.5 Å². The second kappa shape index (κ2) is 8.45. The van der Waals surface area contributed by atoms with Gasteiger partial charge in [-0.2, -0.15) is 4.31 Å². The predicted octanol–water partition coefficient (Wildman–Crippen LogP) is 3.40. The first-order chi connectivity index (χ1) is 11.3. The number of nitrogens with zero attached hydrogens (tertiary/aromatic N) is 1. The molecule has 1 amide bonds. The van der Waals surface area contributed by atoms with E-state index < -0.39 is 10.0 Å². The van der Waals surface area contributed by atoms with Gasteiger partial charge in [0, 0.05) is 24.1 Å². The Kier molecular flexibility index (Phi) is 6.83. The van der Waals surface area contributed by atoms with Crippen LogP contribution in [0.1, 0.15) is 49.9 Å². The van der Waals surface area contributed by atoms with Gasteiger partial charge in [-0.25, -0.2) is 8.42 Å². The summed E-state index contributed by atoms with van der Waals surface area (Å²) in [5.74, 6) is 0.353. The third kappa shape index (κ3) is 4.80. The lowest BCUT2D eigenvalue weighted by molar-refractivity contribution is 0.0951. The predicted molar refractivity (Wildman–Crippen MR) is 98.5 cm³/mol. The molecule has 0 saturated carbocycles. The van der Waals surface area contributed by atoms with Gasteiger partial charge in [0.1, 0.15) is 0 Å². The van der Waals surface area contributed by atoms with Crippen LogP contribution >= 0.6 is 15.9 Å². The van der Waals surface area contributed by atoms with Crippen LogP contribution in [0.5, 0.6) is 0 Å². The zero-order valence-electron chi connectivity index (χ0n) is 14.2. The maximum atomic E-state index is 12.6. The van der Waals surface area contributed by atoms with Crippen LogP contribution in [0, 0.1) is 5.92 Å². The Morgan fingerprint density at radius 3 is 2.58 bits per heavy atom. The van der Waals surface area contributed by atoms with E-state index in [1.807, 2.05) is 0 Å². The summed E-state index contributed by atoms with van der Waals surface area (Å²) >= 11 is 3.34. The minimum atomic E-state index is -3.52. The molecule has 0 spiro atoms. The van der Waals surface area contributed by atoms with E-state index in [-0.39, 0.29) is 10.8 Å². The molecule has 0 aromatic heterocycles. The number of sulfonamides is 1. The maximum absolute atomic E-state index is 12.6. The zero-order valence-corrected chi connectivity index (χ0v) is 16.6. The first-order valence-electron chi connectivity index (χ1n) is 8.40. The Morgan fingerprint density at radius 2 is 1.96 bits per heavy atom. The van der Waals surface area contributed by atoms with Gasteiger partial charge in [-0.3, -0.25) is 4.79 Å². The number of halogens is 1. The summed E-state index contributed by atoms with van der Waals surface area (Å²) < 4.78 is 27.4. The molecule has 7 heteroatoms. The van der Waals surface area contributed by atoms with E-state index in [0.29, 0.717) is 35.6 Å². The van der Waals surface area contributed by atoms with E-state index in [4.69, 9.17) is 0 Å². The van der Waals surface area contributed by atoms with Gasteiger partial charge in [0.2, 0.25) is 10.0 Å². The van der Waals surface area contributed by atoms with Crippen LogP contribution in [0.25, 0.3) is 0 Å². The highest BCUT2D eigenvalue weighted by molar-refractivity contribution is 9.10. The quantitative estimate of drug-likeness (QED) is 0.692. The molecule has 1 saturated heterocycles. The Morgan fingerprint density at radius 1 is 1.29 bits per heavy atom. The van der Waals surface area contributed by atoms with Crippen LogP contribution in [-0.4, -0.2) is 38.3 Å². The van der Waals surface area contributed by atoms with Crippen LogP contribution < -0.4 is 5.32 Å². The highest BCUT2D eigenvalue weighted by Crippen LogP contribution is 2.25. The fourth-order valence-corrected chi connectivity index (χ4v) is 4.69.